The van der Waals surface area contributed by atoms with Crippen LogP contribution < -0.4 is 9.62 Å². The van der Waals surface area contributed by atoms with Gasteiger partial charge in [-0.2, -0.15) is 0 Å². The van der Waals surface area contributed by atoms with Crippen LogP contribution in [0.25, 0.3) is 0 Å². The minimum absolute atomic E-state index is 0.0871. The molecule has 0 bridgehead atoms. The number of nitrogens with zero attached hydrogens (tertiary/aromatic N) is 1. The van der Waals surface area contributed by atoms with Gasteiger partial charge in [0.15, 0.2) is 0 Å². The lowest BCUT2D eigenvalue weighted by Crippen LogP contribution is -2.38. The molecule has 8 heteroatoms. The van der Waals surface area contributed by atoms with Crippen LogP contribution in [0.15, 0.2) is 83.8 Å². The van der Waals surface area contributed by atoms with Gasteiger partial charge in [-0.25, -0.2) is 13.2 Å². The molecule has 0 atom stereocenters. The number of para-hydroxylation sites is 1. The second-order valence-corrected chi connectivity index (χ2v) is 8.87. The van der Waals surface area contributed by atoms with Crippen molar-refractivity contribution in [1.82, 2.24) is 0 Å². The van der Waals surface area contributed by atoms with Crippen molar-refractivity contribution in [2.45, 2.75) is 18.7 Å². The number of ether oxygens (including phenoxy) is 1. The van der Waals surface area contributed by atoms with Crippen molar-refractivity contribution in [3.8, 4) is 0 Å². The van der Waals surface area contributed by atoms with Gasteiger partial charge >= 0.3 is 5.97 Å². The number of nitrogens with one attached hydrogen (secondary N) is 1. The number of amides is 1. The van der Waals surface area contributed by atoms with Gasteiger partial charge in [0.2, 0.25) is 5.91 Å². The largest absolute Gasteiger partial charge is 0.462 e. The molecular weight excluding hydrogens is 428 g/mol. The molecule has 0 unspecified atom stereocenters. The summed E-state index contributed by atoms with van der Waals surface area (Å²) in [7, 11) is -3.99. The molecule has 0 heterocycles. The fourth-order valence-corrected chi connectivity index (χ4v) is 4.44. The summed E-state index contributed by atoms with van der Waals surface area (Å²) in [5, 5.41) is 2.66. The van der Waals surface area contributed by atoms with Crippen LogP contribution in [0.2, 0.25) is 0 Å². The van der Waals surface area contributed by atoms with Crippen molar-refractivity contribution >= 4 is 33.3 Å². The lowest BCUT2D eigenvalue weighted by Gasteiger charge is -2.24. The van der Waals surface area contributed by atoms with E-state index in [1.807, 2.05) is 6.92 Å². The van der Waals surface area contributed by atoms with Crippen LogP contribution in [0.4, 0.5) is 11.4 Å². The summed E-state index contributed by atoms with van der Waals surface area (Å²) in [4.78, 5) is 24.8. The summed E-state index contributed by atoms with van der Waals surface area (Å²) in [5.41, 5.74) is 1.94. The molecule has 1 amide bonds. The Morgan fingerprint density at radius 1 is 0.938 bits per heavy atom. The Bertz CT molecular complexity index is 1190. The Morgan fingerprint density at radius 3 is 2.28 bits per heavy atom. The first kappa shape index (κ1) is 23.0. The molecular formula is C24H24N2O5S. The number of carbonyl (C=O) groups is 2. The van der Waals surface area contributed by atoms with E-state index in [1.54, 1.807) is 67.6 Å². The van der Waals surface area contributed by atoms with Crippen LogP contribution in [0.1, 0.15) is 22.8 Å². The van der Waals surface area contributed by atoms with Crippen LogP contribution in [0.3, 0.4) is 0 Å². The summed E-state index contributed by atoms with van der Waals surface area (Å²) >= 11 is 0. The maximum atomic E-state index is 13.3. The fourth-order valence-electron chi connectivity index (χ4n) is 3.02. The first-order valence-electron chi connectivity index (χ1n) is 10.0. The van der Waals surface area contributed by atoms with Crippen LogP contribution in [0.5, 0.6) is 0 Å². The van der Waals surface area contributed by atoms with Gasteiger partial charge in [0.05, 0.1) is 22.8 Å². The zero-order valence-corrected chi connectivity index (χ0v) is 18.6. The SMILES string of the molecule is CCOC(=O)c1cccc(NC(=O)CN(c2ccccc2)S(=O)(=O)c2ccc(C)cc2)c1. The summed E-state index contributed by atoms with van der Waals surface area (Å²) in [6.45, 7) is 3.36. The monoisotopic (exact) mass is 452 g/mol. The van der Waals surface area contributed by atoms with Gasteiger partial charge in [-0.15, -0.1) is 0 Å². The highest BCUT2D eigenvalue weighted by molar-refractivity contribution is 7.92. The molecule has 0 aliphatic heterocycles. The van der Waals surface area contributed by atoms with E-state index < -0.39 is 28.4 Å². The molecule has 7 nitrogen and oxygen atoms in total. The van der Waals surface area contributed by atoms with Crippen molar-refractivity contribution in [3.05, 3.63) is 90.0 Å². The summed E-state index contributed by atoms with van der Waals surface area (Å²) < 4.78 is 32.7. The van der Waals surface area contributed by atoms with E-state index in [1.165, 1.54) is 18.2 Å². The Hall–Kier alpha value is -3.65. The number of rotatable bonds is 8. The third-order valence-electron chi connectivity index (χ3n) is 4.60. The van der Waals surface area contributed by atoms with Crippen molar-refractivity contribution < 1.29 is 22.7 Å². The molecule has 32 heavy (non-hydrogen) atoms. The van der Waals surface area contributed by atoms with Crippen molar-refractivity contribution in [1.29, 1.82) is 0 Å². The Labute approximate surface area is 187 Å². The highest BCUT2D eigenvalue weighted by atomic mass is 32.2. The summed E-state index contributed by atoms with van der Waals surface area (Å²) in [6, 6.07) is 21.1. The topological polar surface area (TPSA) is 92.8 Å². The predicted molar refractivity (Wildman–Crippen MR) is 123 cm³/mol. The molecule has 166 valence electrons. The molecule has 0 aliphatic rings. The Kier molecular flexibility index (Phi) is 7.27. The van der Waals surface area contributed by atoms with Gasteiger partial charge in [0, 0.05) is 5.69 Å². The number of hydrogen-bond acceptors (Lipinski definition) is 5. The zero-order chi connectivity index (χ0) is 23.1. The minimum atomic E-state index is -3.99. The van der Waals surface area contributed by atoms with Crippen molar-refractivity contribution in [2.24, 2.45) is 0 Å². The maximum absolute atomic E-state index is 13.3. The third kappa shape index (κ3) is 5.53. The number of carbonyl (C=O) groups excluding carboxylic acids is 2. The molecule has 3 rings (SSSR count). The number of hydrogen-bond donors (Lipinski definition) is 1. The van der Waals surface area contributed by atoms with Gasteiger partial charge in [0.25, 0.3) is 10.0 Å². The zero-order valence-electron chi connectivity index (χ0n) is 17.8. The molecule has 0 saturated heterocycles. The average molecular weight is 453 g/mol. The van der Waals surface area contributed by atoms with Gasteiger partial charge in [0.1, 0.15) is 6.54 Å². The molecule has 0 radical (unpaired) electrons. The van der Waals surface area contributed by atoms with Crippen LogP contribution >= 0.6 is 0 Å². The first-order valence-corrected chi connectivity index (χ1v) is 11.5. The smallest absolute Gasteiger partial charge is 0.338 e. The normalized spacial score (nSPS) is 10.9. The van der Waals surface area contributed by atoms with Crippen LogP contribution in [-0.2, 0) is 19.6 Å². The molecule has 0 aromatic heterocycles. The van der Waals surface area contributed by atoms with Crippen molar-refractivity contribution in [3.63, 3.8) is 0 Å². The third-order valence-corrected chi connectivity index (χ3v) is 6.39. The number of anilines is 2. The average Bonchev–Trinajstić information content (AvgIpc) is 2.78. The van der Waals surface area contributed by atoms with Crippen molar-refractivity contribution in [2.75, 3.05) is 22.8 Å². The summed E-state index contributed by atoms with van der Waals surface area (Å²) in [5.74, 6) is -1.05. The quantitative estimate of drug-likeness (QED) is 0.522. The van der Waals surface area contributed by atoms with E-state index in [0.29, 0.717) is 11.4 Å². The number of sulfonamides is 1. The molecule has 0 fully saturated rings. The number of esters is 1. The predicted octanol–water partition coefficient (Wildman–Crippen LogP) is 4.01. The second-order valence-electron chi connectivity index (χ2n) is 7.01. The standard InChI is InChI=1S/C24H24N2O5S/c1-3-31-24(28)19-8-7-9-20(16-19)25-23(27)17-26(21-10-5-4-6-11-21)32(29,30)22-14-12-18(2)13-15-22/h4-16H,3,17H2,1-2H3,(H,25,27). The summed E-state index contributed by atoms with van der Waals surface area (Å²) in [6.07, 6.45) is 0. The lowest BCUT2D eigenvalue weighted by atomic mass is 10.2. The number of aryl methyl sites for hydroxylation is 1. The molecule has 1 N–H and O–H groups in total. The fraction of sp³-hybridized carbons (Fsp3) is 0.167. The second kappa shape index (κ2) is 10.1. The van der Waals surface area contributed by atoms with E-state index >= 15 is 0 Å². The highest BCUT2D eigenvalue weighted by Crippen LogP contribution is 2.24. The number of benzene rings is 3. The molecule has 3 aromatic rings. The molecule has 3 aromatic carbocycles. The van der Waals surface area contributed by atoms with E-state index in [2.05, 4.69) is 5.32 Å². The highest BCUT2D eigenvalue weighted by Gasteiger charge is 2.27. The van der Waals surface area contributed by atoms with E-state index in [-0.39, 0.29) is 17.1 Å². The van der Waals surface area contributed by atoms with Gasteiger partial charge in [-0.3, -0.25) is 9.10 Å². The van der Waals surface area contributed by atoms with Gasteiger partial charge in [-0.05, 0) is 56.3 Å². The Morgan fingerprint density at radius 2 is 1.62 bits per heavy atom. The van der Waals surface area contributed by atoms with Crippen LogP contribution in [-0.4, -0.2) is 33.4 Å². The van der Waals surface area contributed by atoms with E-state index in [0.717, 1.165) is 9.87 Å². The minimum Gasteiger partial charge on any atom is -0.462 e. The van der Waals surface area contributed by atoms with E-state index in [9.17, 15) is 18.0 Å². The molecule has 0 aliphatic carbocycles. The van der Waals surface area contributed by atoms with Crippen LogP contribution in [0, 0.1) is 6.92 Å². The Balaban J connectivity index is 1.86. The molecule has 0 spiro atoms. The first-order chi connectivity index (χ1) is 15.3. The van der Waals surface area contributed by atoms with Gasteiger partial charge < -0.3 is 10.1 Å². The van der Waals surface area contributed by atoms with E-state index in [4.69, 9.17) is 4.74 Å². The maximum Gasteiger partial charge on any atom is 0.338 e. The molecule has 0 saturated carbocycles. The van der Waals surface area contributed by atoms with Gasteiger partial charge in [-0.1, -0.05) is 42.0 Å². The lowest BCUT2D eigenvalue weighted by molar-refractivity contribution is -0.114.